The molecule has 0 aliphatic carbocycles. The van der Waals surface area contributed by atoms with Crippen molar-refractivity contribution in [2.45, 2.75) is 13.0 Å². The molecular formula is C18H16N2O3S. The topological polar surface area (TPSA) is 71.3 Å². The number of amides is 2. The van der Waals surface area contributed by atoms with E-state index in [2.05, 4.69) is 10.6 Å². The number of anilines is 1. The highest BCUT2D eigenvalue weighted by atomic mass is 32.1. The summed E-state index contributed by atoms with van der Waals surface area (Å²) in [6.45, 7) is 0.455. The molecule has 0 radical (unpaired) electrons. The average Bonchev–Trinajstić information content (AvgIpc) is 3.28. The van der Waals surface area contributed by atoms with Gasteiger partial charge in [-0.05, 0) is 41.3 Å². The number of rotatable bonds is 6. The third-order valence-electron chi connectivity index (χ3n) is 3.36. The number of thiophene rings is 1. The predicted octanol–water partition coefficient (Wildman–Crippen LogP) is 3.45. The van der Waals surface area contributed by atoms with Gasteiger partial charge < -0.3 is 15.1 Å². The summed E-state index contributed by atoms with van der Waals surface area (Å²) in [4.78, 5) is 24.8. The zero-order valence-electron chi connectivity index (χ0n) is 12.8. The van der Waals surface area contributed by atoms with Crippen LogP contribution in [0.2, 0.25) is 0 Å². The molecule has 2 amide bonds. The second kappa shape index (κ2) is 7.61. The zero-order chi connectivity index (χ0) is 16.8. The van der Waals surface area contributed by atoms with Crippen LogP contribution in [-0.2, 0) is 17.8 Å². The first-order chi connectivity index (χ1) is 11.7. The van der Waals surface area contributed by atoms with Crippen LogP contribution in [0.25, 0.3) is 0 Å². The first-order valence-electron chi connectivity index (χ1n) is 7.43. The first kappa shape index (κ1) is 16.0. The molecule has 2 N–H and O–H groups in total. The quantitative estimate of drug-likeness (QED) is 0.722. The summed E-state index contributed by atoms with van der Waals surface area (Å²) < 4.78 is 5.04. The Hall–Kier alpha value is -2.86. The summed E-state index contributed by atoms with van der Waals surface area (Å²) in [5.41, 5.74) is 1.63. The minimum Gasteiger partial charge on any atom is -0.459 e. The Morgan fingerprint density at radius 3 is 2.54 bits per heavy atom. The van der Waals surface area contributed by atoms with E-state index in [4.69, 9.17) is 4.42 Å². The van der Waals surface area contributed by atoms with Gasteiger partial charge in [0.15, 0.2) is 5.76 Å². The van der Waals surface area contributed by atoms with Crippen molar-refractivity contribution in [3.63, 3.8) is 0 Å². The SMILES string of the molecule is O=C(Cc1cccs1)NCc1ccc(NC(=O)c2ccco2)cc1. The fourth-order valence-corrected chi connectivity index (χ4v) is 2.84. The van der Waals surface area contributed by atoms with Crippen molar-refractivity contribution in [3.05, 3.63) is 76.4 Å². The third-order valence-corrected chi connectivity index (χ3v) is 4.24. The van der Waals surface area contributed by atoms with Gasteiger partial charge in [-0.1, -0.05) is 18.2 Å². The normalized spacial score (nSPS) is 10.3. The first-order valence-corrected chi connectivity index (χ1v) is 8.31. The van der Waals surface area contributed by atoms with Crippen molar-refractivity contribution in [3.8, 4) is 0 Å². The molecule has 2 heterocycles. The Morgan fingerprint density at radius 2 is 1.88 bits per heavy atom. The van der Waals surface area contributed by atoms with Crippen LogP contribution in [0.3, 0.4) is 0 Å². The average molecular weight is 340 g/mol. The number of carbonyl (C=O) groups is 2. The molecule has 0 atom stereocenters. The van der Waals surface area contributed by atoms with Gasteiger partial charge in [-0.15, -0.1) is 11.3 Å². The van der Waals surface area contributed by atoms with Crippen molar-refractivity contribution in [2.24, 2.45) is 0 Å². The van der Waals surface area contributed by atoms with Gasteiger partial charge in [0.1, 0.15) is 0 Å². The van der Waals surface area contributed by atoms with Crippen molar-refractivity contribution >= 4 is 28.8 Å². The van der Waals surface area contributed by atoms with E-state index >= 15 is 0 Å². The highest BCUT2D eigenvalue weighted by molar-refractivity contribution is 7.10. The molecule has 0 aliphatic heterocycles. The standard InChI is InChI=1S/C18H16N2O3S/c21-17(11-15-3-2-10-24-15)19-12-13-5-7-14(8-6-13)20-18(22)16-4-1-9-23-16/h1-10H,11-12H2,(H,19,21)(H,20,22). The van der Waals surface area contributed by atoms with Crippen LogP contribution < -0.4 is 10.6 Å². The van der Waals surface area contributed by atoms with Gasteiger partial charge in [0.2, 0.25) is 5.91 Å². The number of furan rings is 1. The summed E-state index contributed by atoms with van der Waals surface area (Å²) in [6.07, 6.45) is 1.85. The molecule has 0 bridgehead atoms. The molecule has 0 saturated carbocycles. The molecule has 24 heavy (non-hydrogen) atoms. The second-order valence-corrected chi connectivity index (χ2v) is 6.19. The lowest BCUT2D eigenvalue weighted by atomic mass is 10.2. The molecular weight excluding hydrogens is 324 g/mol. The Bertz CT molecular complexity index is 793. The minimum atomic E-state index is -0.294. The van der Waals surface area contributed by atoms with Crippen molar-refractivity contribution in [2.75, 3.05) is 5.32 Å². The van der Waals surface area contributed by atoms with Crippen LogP contribution in [0.1, 0.15) is 21.0 Å². The summed E-state index contributed by atoms with van der Waals surface area (Å²) in [7, 11) is 0. The van der Waals surface area contributed by atoms with E-state index in [9.17, 15) is 9.59 Å². The summed E-state index contributed by atoms with van der Waals surface area (Å²) in [5, 5.41) is 7.59. The summed E-state index contributed by atoms with van der Waals surface area (Å²) in [5.74, 6) is -0.0374. The number of carbonyl (C=O) groups excluding carboxylic acids is 2. The van der Waals surface area contributed by atoms with E-state index in [1.807, 2.05) is 29.6 Å². The van der Waals surface area contributed by atoms with Crippen LogP contribution in [0, 0.1) is 0 Å². The maximum Gasteiger partial charge on any atom is 0.291 e. The molecule has 0 unspecified atom stereocenters. The molecule has 0 spiro atoms. The Morgan fingerprint density at radius 1 is 1.04 bits per heavy atom. The molecule has 0 saturated heterocycles. The molecule has 0 aliphatic rings. The van der Waals surface area contributed by atoms with Crippen LogP contribution in [0.4, 0.5) is 5.69 Å². The lowest BCUT2D eigenvalue weighted by molar-refractivity contribution is -0.120. The number of hydrogen-bond donors (Lipinski definition) is 2. The van der Waals surface area contributed by atoms with Gasteiger partial charge in [-0.25, -0.2) is 0 Å². The molecule has 2 aromatic heterocycles. The third kappa shape index (κ3) is 4.33. The largest absolute Gasteiger partial charge is 0.459 e. The van der Waals surface area contributed by atoms with Gasteiger partial charge in [-0.2, -0.15) is 0 Å². The highest BCUT2D eigenvalue weighted by Gasteiger charge is 2.08. The van der Waals surface area contributed by atoms with Crippen molar-refractivity contribution < 1.29 is 14.0 Å². The smallest absolute Gasteiger partial charge is 0.291 e. The second-order valence-electron chi connectivity index (χ2n) is 5.16. The van der Waals surface area contributed by atoms with Crippen molar-refractivity contribution in [1.82, 2.24) is 5.32 Å². The van der Waals surface area contributed by atoms with Gasteiger partial charge in [0.25, 0.3) is 5.91 Å². The molecule has 0 fully saturated rings. The Labute approximate surface area is 143 Å². The van der Waals surface area contributed by atoms with Gasteiger partial charge in [0, 0.05) is 17.1 Å². The fraction of sp³-hybridized carbons (Fsp3) is 0.111. The van der Waals surface area contributed by atoms with E-state index in [1.165, 1.54) is 6.26 Å². The van der Waals surface area contributed by atoms with E-state index < -0.39 is 0 Å². The summed E-state index contributed by atoms with van der Waals surface area (Å²) in [6, 6.07) is 14.5. The Balaban J connectivity index is 1.49. The minimum absolute atomic E-state index is 0.00681. The number of nitrogens with one attached hydrogen (secondary N) is 2. The maximum absolute atomic E-state index is 11.9. The van der Waals surface area contributed by atoms with E-state index in [0.29, 0.717) is 18.7 Å². The van der Waals surface area contributed by atoms with Crippen LogP contribution in [0.15, 0.2) is 64.6 Å². The number of benzene rings is 1. The van der Waals surface area contributed by atoms with Crippen LogP contribution >= 0.6 is 11.3 Å². The fourth-order valence-electron chi connectivity index (χ4n) is 2.14. The lowest BCUT2D eigenvalue weighted by Crippen LogP contribution is -2.24. The Kier molecular flexibility index (Phi) is 5.08. The molecule has 5 nitrogen and oxygen atoms in total. The molecule has 122 valence electrons. The molecule has 6 heteroatoms. The predicted molar refractivity (Wildman–Crippen MR) is 93.0 cm³/mol. The van der Waals surface area contributed by atoms with E-state index in [0.717, 1.165) is 10.4 Å². The lowest BCUT2D eigenvalue weighted by Gasteiger charge is -2.07. The van der Waals surface area contributed by atoms with Crippen LogP contribution in [0.5, 0.6) is 0 Å². The van der Waals surface area contributed by atoms with E-state index in [1.54, 1.807) is 35.6 Å². The number of hydrogen-bond acceptors (Lipinski definition) is 4. The van der Waals surface area contributed by atoms with Gasteiger partial charge >= 0.3 is 0 Å². The van der Waals surface area contributed by atoms with Crippen LogP contribution in [-0.4, -0.2) is 11.8 Å². The highest BCUT2D eigenvalue weighted by Crippen LogP contribution is 2.12. The van der Waals surface area contributed by atoms with Gasteiger partial charge in [-0.3, -0.25) is 9.59 Å². The molecule has 1 aromatic carbocycles. The summed E-state index contributed by atoms with van der Waals surface area (Å²) >= 11 is 1.57. The molecule has 3 aromatic rings. The molecule has 3 rings (SSSR count). The van der Waals surface area contributed by atoms with Crippen molar-refractivity contribution in [1.29, 1.82) is 0 Å². The van der Waals surface area contributed by atoms with Gasteiger partial charge in [0.05, 0.1) is 12.7 Å². The van der Waals surface area contributed by atoms with E-state index in [-0.39, 0.29) is 17.6 Å². The maximum atomic E-state index is 11.9. The zero-order valence-corrected chi connectivity index (χ0v) is 13.6. The monoisotopic (exact) mass is 340 g/mol.